The van der Waals surface area contributed by atoms with Crippen molar-refractivity contribution in [2.75, 3.05) is 26.8 Å². The summed E-state index contributed by atoms with van der Waals surface area (Å²) in [5.41, 5.74) is 5.47. The van der Waals surface area contributed by atoms with E-state index in [9.17, 15) is 8.42 Å². The van der Waals surface area contributed by atoms with Crippen molar-refractivity contribution < 1.29 is 17.6 Å². The number of ether oxygens (including phenoxy) is 1. The predicted molar refractivity (Wildman–Crippen MR) is 77.7 cm³/mol. The van der Waals surface area contributed by atoms with Crippen LogP contribution < -0.4 is 5.73 Å². The van der Waals surface area contributed by atoms with Crippen LogP contribution in [0.25, 0.3) is 0 Å². The van der Waals surface area contributed by atoms with Crippen LogP contribution in [0, 0.1) is 5.92 Å². The molecule has 0 amide bonds. The number of furan rings is 1. The van der Waals surface area contributed by atoms with Crippen molar-refractivity contribution in [3.05, 3.63) is 16.5 Å². The van der Waals surface area contributed by atoms with E-state index < -0.39 is 10.0 Å². The van der Waals surface area contributed by atoms with Crippen LogP contribution in [0.15, 0.2) is 20.0 Å². The minimum Gasteiger partial charge on any atom is -0.452 e. The molecule has 1 aliphatic heterocycles. The van der Waals surface area contributed by atoms with E-state index in [1.54, 1.807) is 7.11 Å². The van der Waals surface area contributed by atoms with Gasteiger partial charge >= 0.3 is 0 Å². The normalized spacial score (nSPS) is 18.6. The molecule has 114 valence electrons. The van der Waals surface area contributed by atoms with Gasteiger partial charge in [0.25, 0.3) is 0 Å². The maximum Gasteiger partial charge on any atom is 0.247 e. The van der Waals surface area contributed by atoms with Crippen LogP contribution >= 0.6 is 15.9 Å². The monoisotopic (exact) mass is 366 g/mol. The van der Waals surface area contributed by atoms with Crippen molar-refractivity contribution in [3.63, 3.8) is 0 Å². The molecule has 20 heavy (non-hydrogen) atoms. The van der Waals surface area contributed by atoms with Gasteiger partial charge in [0.05, 0.1) is 6.54 Å². The van der Waals surface area contributed by atoms with E-state index in [0.717, 1.165) is 12.8 Å². The largest absolute Gasteiger partial charge is 0.452 e. The van der Waals surface area contributed by atoms with E-state index in [4.69, 9.17) is 14.9 Å². The summed E-state index contributed by atoms with van der Waals surface area (Å²) in [6.07, 6.45) is 1.62. The van der Waals surface area contributed by atoms with Gasteiger partial charge in [0, 0.05) is 32.9 Å². The highest BCUT2D eigenvalue weighted by Crippen LogP contribution is 2.31. The van der Waals surface area contributed by atoms with Gasteiger partial charge in [-0.1, -0.05) is 0 Å². The second-order valence-corrected chi connectivity index (χ2v) is 7.48. The molecule has 0 radical (unpaired) electrons. The second kappa shape index (κ2) is 6.57. The van der Waals surface area contributed by atoms with Gasteiger partial charge in [-0.3, -0.25) is 0 Å². The number of nitrogens with zero attached hydrogens (tertiary/aromatic N) is 1. The standard InChI is InChI=1S/C12H19BrN2O4S/c1-18-8-9-2-4-15(5-3-9)20(16,17)11-6-10(7-14)19-12(11)13/h6,9H,2-5,7-8,14H2,1H3. The van der Waals surface area contributed by atoms with Crippen LogP contribution in [0.5, 0.6) is 0 Å². The number of sulfonamides is 1. The van der Waals surface area contributed by atoms with Crippen molar-refractivity contribution in [2.45, 2.75) is 24.3 Å². The van der Waals surface area contributed by atoms with Crippen LogP contribution in [-0.2, 0) is 21.3 Å². The van der Waals surface area contributed by atoms with Crippen molar-refractivity contribution >= 4 is 26.0 Å². The van der Waals surface area contributed by atoms with Gasteiger partial charge in [-0.2, -0.15) is 4.31 Å². The van der Waals surface area contributed by atoms with Crippen LogP contribution in [0.4, 0.5) is 0 Å². The van der Waals surface area contributed by atoms with Crippen molar-refractivity contribution in [1.82, 2.24) is 4.31 Å². The van der Waals surface area contributed by atoms with Gasteiger partial charge in [-0.15, -0.1) is 0 Å². The lowest BCUT2D eigenvalue weighted by atomic mass is 9.99. The molecule has 1 aromatic rings. The fraction of sp³-hybridized carbons (Fsp3) is 0.667. The average molecular weight is 367 g/mol. The number of nitrogens with two attached hydrogens (primary N) is 1. The number of hydrogen-bond donors (Lipinski definition) is 1. The van der Waals surface area contributed by atoms with Gasteiger partial charge in [-0.25, -0.2) is 8.42 Å². The lowest BCUT2D eigenvalue weighted by Gasteiger charge is -2.30. The van der Waals surface area contributed by atoms with Crippen molar-refractivity contribution in [1.29, 1.82) is 0 Å². The van der Waals surface area contributed by atoms with Gasteiger partial charge in [0.15, 0.2) is 4.67 Å². The Labute approximate surface area is 127 Å². The number of rotatable bonds is 5. The molecule has 0 atom stereocenters. The number of methoxy groups -OCH3 is 1. The molecule has 8 heteroatoms. The third-order valence-electron chi connectivity index (χ3n) is 3.50. The van der Waals surface area contributed by atoms with E-state index in [1.807, 2.05) is 0 Å². The summed E-state index contributed by atoms with van der Waals surface area (Å²) in [6, 6.07) is 1.49. The van der Waals surface area contributed by atoms with Gasteiger partial charge < -0.3 is 14.9 Å². The van der Waals surface area contributed by atoms with Crippen molar-refractivity contribution in [3.8, 4) is 0 Å². The molecule has 0 spiro atoms. The van der Waals surface area contributed by atoms with Gasteiger partial charge in [0.1, 0.15) is 10.7 Å². The zero-order valence-corrected chi connectivity index (χ0v) is 13.7. The number of hydrogen-bond acceptors (Lipinski definition) is 5. The van der Waals surface area contributed by atoms with E-state index in [2.05, 4.69) is 15.9 Å². The zero-order valence-electron chi connectivity index (χ0n) is 11.3. The Bertz CT molecular complexity index is 550. The molecule has 2 N–H and O–H groups in total. The van der Waals surface area contributed by atoms with E-state index in [1.165, 1.54) is 10.4 Å². The fourth-order valence-corrected chi connectivity index (χ4v) is 4.80. The van der Waals surface area contributed by atoms with Crippen LogP contribution in [0.2, 0.25) is 0 Å². The molecule has 1 fully saturated rings. The van der Waals surface area contributed by atoms with Gasteiger partial charge in [-0.05, 0) is 34.7 Å². The topological polar surface area (TPSA) is 85.8 Å². The van der Waals surface area contributed by atoms with Crippen molar-refractivity contribution in [2.24, 2.45) is 11.7 Å². The first-order chi connectivity index (χ1) is 9.48. The molecular weight excluding hydrogens is 348 g/mol. The Kier molecular flexibility index (Phi) is 5.25. The third kappa shape index (κ3) is 3.25. The summed E-state index contributed by atoms with van der Waals surface area (Å²) < 4.78 is 37.2. The summed E-state index contributed by atoms with van der Waals surface area (Å²) in [4.78, 5) is 0.156. The molecular formula is C12H19BrN2O4S. The molecule has 0 saturated carbocycles. The first-order valence-electron chi connectivity index (χ1n) is 6.46. The Morgan fingerprint density at radius 2 is 2.15 bits per heavy atom. The highest BCUT2D eigenvalue weighted by atomic mass is 79.9. The summed E-state index contributed by atoms with van der Waals surface area (Å²) in [5.74, 6) is 0.878. The van der Waals surface area contributed by atoms with Gasteiger partial charge in [0.2, 0.25) is 10.0 Å². The first kappa shape index (κ1) is 16.0. The summed E-state index contributed by atoms with van der Waals surface area (Å²) in [5, 5.41) is 0. The van der Waals surface area contributed by atoms with Crippen LogP contribution in [0.3, 0.4) is 0 Å². The quantitative estimate of drug-likeness (QED) is 0.854. The van der Waals surface area contributed by atoms with Crippen LogP contribution in [-0.4, -0.2) is 39.5 Å². The first-order valence-corrected chi connectivity index (χ1v) is 8.69. The van der Waals surface area contributed by atoms with E-state index in [0.29, 0.717) is 31.4 Å². The summed E-state index contributed by atoms with van der Waals surface area (Å²) >= 11 is 3.15. The molecule has 2 rings (SSSR count). The predicted octanol–water partition coefficient (Wildman–Crippen LogP) is 1.55. The van der Waals surface area contributed by atoms with E-state index >= 15 is 0 Å². The highest BCUT2D eigenvalue weighted by molar-refractivity contribution is 9.10. The van der Waals surface area contributed by atoms with Crippen LogP contribution in [0.1, 0.15) is 18.6 Å². The molecule has 1 saturated heterocycles. The highest BCUT2D eigenvalue weighted by Gasteiger charge is 2.32. The minimum absolute atomic E-state index is 0.156. The lowest BCUT2D eigenvalue weighted by Crippen LogP contribution is -2.39. The third-order valence-corrected chi connectivity index (χ3v) is 6.26. The summed E-state index contributed by atoms with van der Waals surface area (Å²) in [7, 11) is -1.86. The van der Waals surface area contributed by atoms with E-state index in [-0.39, 0.29) is 16.1 Å². The molecule has 0 unspecified atom stereocenters. The maximum atomic E-state index is 12.6. The smallest absolute Gasteiger partial charge is 0.247 e. The summed E-state index contributed by atoms with van der Waals surface area (Å²) in [6.45, 7) is 1.86. The Hall–Kier alpha value is -0.410. The molecule has 6 nitrogen and oxygen atoms in total. The minimum atomic E-state index is -3.52. The fourth-order valence-electron chi connectivity index (χ4n) is 2.37. The zero-order chi connectivity index (χ0) is 14.8. The maximum absolute atomic E-state index is 12.6. The molecule has 0 aromatic carbocycles. The molecule has 2 heterocycles. The Morgan fingerprint density at radius 1 is 1.50 bits per heavy atom. The SMILES string of the molecule is COCC1CCN(S(=O)(=O)c2cc(CN)oc2Br)CC1. The number of halogens is 1. The molecule has 0 bridgehead atoms. The lowest BCUT2D eigenvalue weighted by molar-refractivity contribution is 0.121. The molecule has 1 aliphatic rings. The average Bonchev–Trinajstić information content (AvgIpc) is 2.82. The Balaban J connectivity index is 2.13. The number of piperidine rings is 1. The second-order valence-electron chi connectivity index (χ2n) is 4.86. The molecule has 0 aliphatic carbocycles. The molecule has 1 aromatic heterocycles. The Morgan fingerprint density at radius 3 is 2.65 bits per heavy atom.